The molecular weight excluding hydrogens is 424 g/mol. The van der Waals surface area contributed by atoms with Crippen LogP contribution in [0.5, 0.6) is 0 Å². The number of hydrogen-bond acceptors (Lipinski definition) is 4. The van der Waals surface area contributed by atoms with Gasteiger partial charge in [-0.15, -0.1) is 0 Å². The number of fused-ring (bicyclic) bond motifs is 2. The molecule has 34 heavy (non-hydrogen) atoms. The quantitative estimate of drug-likeness (QED) is 0.270. The molecule has 0 aromatic carbocycles. The molecule has 0 amide bonds. The van der Waals surface area contributed by atoms with Gasteiger partial charge >= 0.3 is 0 Å². The van der Waals surface area contributed by atoms with Gasteiger partial charge in [0, 0.05) is 12.0 Å². The Hall–Kier alpha value is -2.23. The summed E-state index contributed by atoms with van der Waals surface area (Å²) in [5.41, 5.74) is 1.31. The maximum Gasteiger partial charge on any atom is 0.169 e. The standard InChI is InChI=1S/C30H44O4/c1-19(2)11-9-12-22(7)13-10-16-29(8)23(15-14-20(3)4)17-24-25(31)18-26(32)30(29,28(24)34)27(33)21(5)6/h11,13-14,18,21,23-24,32H,9-10,12,15-17H2,1-8H3/b22-13+/t23-,24+,29+,30+/m0/s1. The Morgan fingerprint density at radius 1 is 1.06 bits per heavy atom. The van der Waals surface area contributed by atoms with Crippen LogP contribution in [0.25, 0.3) is 0 Å². The fourth-order valence-electron chi connectivity index (χ4n) is 5.91. The van der Waals surface area contributed by atoms with Crippen molar-refractivity contribution in [3.63, 3.8) is 0 Å². The zero-order chi connectivity index (χ0) is 25.8. The number of carbonyl (C=O) groups excluding carboxylic acids is 3. The van der Waals surface area contributed by atoms with E-state index in [1.54, 1.807) is 13.8 Å². The molecule has 2 aliphatic carbocycles. The molecule has 4 atom stereocenters. The van der Waals surface area contributed by atoms with E-state index in [-0.39, 0.29) is 23.2 Å². The van der Waals surface area contributed by atoms with E-state index < -0.39 is 28.4 Å². The van der Waals surface area contributed by atoms with E-state index in [4.69, 9.17) is 0 Å². The number of aliphatic hydroxyl groups is 1. The van der Waals surface area contributed by atoms with Crippen LogP contribution in [-0.4, -0.2) is 22.5 Å². The lowest BCUT2D eigenvalue weighted by Crippen LogP contribution is -2.65. The van der Waals surface area contributed by atoms with Gasteiger partial charge < -0.3 is 5.11 Å². The van der Waals surface area contributed by atoms with Crippen molar-refractivity contribution in [2.75, 3.05) is 0 Å². The van der Waals surface area contributed by atoms with Crippen molar-refractivity contribution in [2.45, 2.75) is 93.9 Å². The molecule has 4 heteroatoms. The third kappa shape index (κ3) is 5.21. The summed E-state index contributed by atoms with van der Waals surface area (Å²) in [6.45, 7) is 15.9. The van der Waals surface area contributed by atoms with Crippen LogP contribution < -0.4 is 0 Å². The van der Waals surface area contributed by atoms with Crippen LogP contribution in [-0.2, 0) is 14.4 Å². The summed E-state index contributed by atoms with van der Waals surface area (Å²) in [5.74, 6) is -2.71. The van der Waals surface area contributed by atoms with Gasteiger partial charge in [-0.05, 0) is 84.5 Å². The minimum atomic E-state index is -1.65. The van der Waals surface area contributed by atoms with E-state index in [2.05, 4.69) is 39.0 Å². The van der Waals surface area contributed by atoms with Crippen LogP contribution in [0.1, 0.15) is 93.9 Å². The first-order valence-electron chi connectivity index (χ1n) is 12.7. The SMILES string of the molecule is CC(C)=CCC/C(C)=C/CC[C@]1(C)[C@@H](CC=C(C)C)C[C@@H]2C(=O)C=C(O)[C@@]1(C(=O)C(C)C)C2=O. The smallest absolute Gasteiger partial charge is 0.169 e. The Morgan fingerprint density at radius 3 is 2.24 bits per heavy atom. The molecule has 0 spiro atoms. The number of carbonyl (C=O) groups is 3. The fourth-order valence-corrected chi connectivity index (χ4v) is 5.91. The maximum atomic E-state index is 13.8. The van der Waals surface area contributed by atoms with E-state index in [0.717, 1.165) is 24.8 Å². The molecule has 1 saturated carbocycles. The predicted molar refractivity (Wildman–Crippen MR) is 138 cm³/mol. The molecule has 1 N–H and O–H groups in total. The number of aliphatic hydroxyl groups excluding tert-OH is 1. The van der Waals surface area contributed by atoms with Gasteiger partial charge in [-0.2, -0.15) is 0 Å². The second-order valence-electron chi connectivity index (χ2n) is 11.4. The molecule has 0 heterocycles. The van der Waals surface area contributed by atoms with Gasteiger partial charge in [-0.3, -0.25) is 14.4 Å². The zero-order valence-corrected chi connectivity index (χ0v) is 22.5. The van der Waals surface area contributed by atoms with E-state index in [1.807, 2.05) is 20.8 Å². The minimum absolute atomic E-state index is 0.0630. The summed E-state index contributed by atoms with van der Waals surface area (Å²) < 4.78 is 0. The highest BCUT2D eigenvalue weighted by atomic mass is 16.3. The summed E-state index contributed by atoms with van der Waals surface area (Å²) in [7, 11) is 0. The summed E-state index contributed by atoms with van der Waals surface area (Å²) in [6.07, 6.45) is 12.1. The Kier molecular flexibility index (Phi) is 9.07. The first-order valence-corrected chi connectivity index (χ1v) is 12.7. The van der Waals surface area contributed by atoms with E-state index >= 15 is 0 Å². The molecule has 0 saturated heterocycles. The van der Waals surface area contributed by atoms with E-state index in [9.17, 15) is 19.5 Å². The molecular formula is C30H44O4. The highest BCUT2D eigenvalue weighted by Crippen LogP contribution is 2.62. The van der Waals surface area contributed by atoms with Crippen LogP contribution in [0.2, 0.25) is 0 Å². The average Bonchev–Trinajstić information content (AvgIpc) is 2.71. The lowest BCUT2D eigenvalue weighted by Gasteiger charge is -2.57. The topological polar surface area (TPSA) is 71.4 Å². The monoisotopic (exact) mass is 468 g/mol. The van der Waals surface area contributed by atoms with Crippen LogP contribution in [0, 0.1) is 28.6 Å². The van der Waals surface area contributed by atoms with E-state index in [0.29, 0.717) is 19.3 Å². The maximum absolute atomic E-state index is 13.8. The second kappa shape index (κ2) is 11.0. The van der Waals surface area contributed by atoms with Crippen LogP contribution in [0.4, 0.5) is 0 Å². The number of rotatable bonds is 10. The molecule has 0 aromatic heterocycles. The first-order chi connectivity index (χ1) is 15.8. The van der Waals surface area contributed by atoms with Crippen molar-refractivity contribution in [1.29, 1.82) is 0 Å². The van der Waals surface area contributed by atoms with Crippen molar-refractivity contribution < 1.29 is 19.5 Å². The van der Waals surface area contributed by atoms with Crippen molar-refractivity contribution in [1.82, 2.24) is 0 Å². The highest BCUT2D eigenvalue weighted by Gasteiger charge is 2.69. The van der Waals surface area contributed by atoms with Gasteiger partial charge in [0.05, 0.1) is 5.92 Å². The molecule has 188 valence electrons. The van der Waals surface area contributed by atoms with Gasteiger partial charge in [0.2, 0.25) is 0 Å². The summed E-state index contributed by atoms with van der Waals surface area (Å²) in [4.78, 5) is 40.3. The summed E-state index contributed by atoms with van der Waals surface area (Å²) >= 11 is 0. The largest absolute Gasteiger partial charge is 0.511 e. The van der Waals surface area contributed by atoms with Crippen LogP contribution in [0.3, 0.4) is 0 Å². The van der Waals surface area contributed by atoms with Gasteiger partial charge in [0.25, 0.3) is 0 Å². The third-order valence-corrected chi connectivity index (χ3v) is 7.92. The summed E-state index contributed by atoms with van der Waals surface area (Å²) in [5, 5.41) is 11.2. The lowest BCUT2D eigenvalue weighted by molar-refractivity contribution is -0.169. The molecule has 0 radical (unpaired) electrons. The molecule has 2 bridgehead atoms. The number of allylic oxidation sites excluding steroid dienone is 8. The number of Topliss-reactive ketones (excluding diaryl/α,β-unsaturated/α-hetero) is 2. The van der Waals surface area contributed by atoms with E-state index in [1.165, 1.54) is 17.2 Å². The molecule has 2 rings (SSSR count). The summed E-state index contributed by atoms with van der Waals surface area (Å²) in [6, 6.07) is 0. The molecule has 0 aromatic rings. The zero-order valence-electron chi connectivity index (χ0n) is 22.5. The average molecular weight is 469 g/mol. The van der Waals surface area contributed by atoms with Crippen molar-refractivity contribution in [3.05, 3.63) is 46.8 Å². The van der Waals surface area contributed by atoms with Crippen LogP contribution in [0.15, 0.2) is 46.8 Å². The number of hydrogen-bond donors (Lipinski definition) is 1. The van der Waals surface area contributed by atoms with Crippen molar-refractivity contribution >= 4 is 17.3 Å². The minimum Gasteiger partial charge on any atom is -0.511 e. The third-order valence-electron chi connectivity index (χ3n) is 7.92. The highest BCUT2D eigenvalue weighted by molar-refractivity contribution is 6.23. The Bertz CT molecular complexity index is 937. The lowest BCUT2D eigenvalue weighted by atomic mass is 9.43. The fraction of sp³-hybridized carbons (Fsp3) is 0.633. The molecule has 4 nitrogen and oxygen atoms in total. The number of ketones is 3. The Labute approximate surface area is 206 Å². The van der Waals surface area contributed by atoms with Crippen molar-refractivity contribution in [2.24, 2.45) is 28.6 Å². The normalized spacial score (nSPS) is 29.1. The van der Waals surface area contributed by atoms with Gasteiger partial charge in [-0.1, -0.05) is 55.7 Å². The molecule has 1 fully saturated rings. The molecule has 2 aliphatic rings. The Balaban J connectivity index is 2.55. The molecule has 0 unspecified atom stereocenters. The first kappa shape index (κ1) is 28.0. The van der Waals surface area contributed by atoms with Gasteiger partial charge in [0.15, 0.2) is 22.8 Å². The van der Waals surface area contributed by atoms with Crippen LogP contribution >= 0.6 is 0 Å². The second-order valence-corrected chi connectivity index (χ2v) is 11.4. The molecule has 0 aliphatic heterocycles. The van der Waals surface area contributed by atoms with Gasteiger partial charge in [0.1, 0.15) is 5.76 Å². The Morgan fingerprint density at radius 2 is 1.68 bits per heavy atom. The van der Waals surface area contributed by atoms with Crippen molar-refractivity contribution in [3.8, 4) is 0 Å². The van der Waals surface area contributed by atoms with Gasteiger partial charge in [-0.25, -0.2) is 0 Å². The predicted octanol–water partition coefficient (Wildman–Crippen LogP) is 7.26.